The van der Waals surface area contributed by atoms with Gasteiger partial charge in [0.2, 0.25) is 5.91 Å². The quantitative estimate of drug-likeness (QED) is 0.825. The monoisotopic (exact) mass is 242 g/mol. The summed E-state index contributed by atoms with van der Waals surface area (Å²) >= 11 is 0. The van der Waals surface area contributed by atoms with Crippen LogP contribution in [-0.4, -0.2) is 12.5 Å². The van der Waals surface area contributed by atoms with Crippen molar-refractivity contribution in [2.45, 2.75) is 25.8 Å². The molecule has 0 spiro atoms. The van der Waals surface area contributed by atoms with E-state index in [1.54, 1.807) is 6.92 Å². The molecule has 0 aliphatic rings. The first kappa shape index (κ1) is 13.6. The number of halogens is 2. The first-order chi connectivity index (χ1) is 7.89. The van der Waals surface area contributed by atoms with Crippen LogP contribution in [0.4, 0.5) is 8.78 Å². The van der Waals surface area contributed by atoms with Crippen LogP contribution in [0.1, 0.15) is 25.8 Å². The molecular weight excluding hydrogens is 226 g/mol. The normalized spacial score (nSPS) is 14.4. The topological polar surface area (TPSA) is 55.1 Å². The van der Waals surface area contributed by atoms with Gasteiger partial charge in [-0.15, -0.1) is 0 Å². The number of nitrogens with one attached hydrogen (secondary N) is 1. The van der Waals surface area contributed by atoms with E-state index in [0.29, 0.717) is 6.54 Å². The molecule has 1 atom stereocenters. The molecule has 0 aliphatic carbocycles. The van der Waals surface area contributed by atoms with E-state index in [4.69, 9.17) is 5.73 Å². The summed E-state index contributed by atoms with van der Waals surface area (Å²) in [6, 6.07) is 3.16. The number of hydrogen-bond donors (Lipinski definition) is 2. The van der Waals surface area contributed by atoms with E-state index >= 15 is 0 Å². The summed E-state index contributed by atoms with van der Waals surface area (Å²) in [6.45, 7) is 3.95. The average Bonchev–Trinajstić information content (AvgIpc) is 2.20. The summed E-state index contributed by atoms with van der Waals surface area (Å²) in [7, 11) is 0. The second kappa shape index (κ2) is 5.23. The molecule has 0 saturated heterocycles. The van der Waals surface area contributed by atoms with Crippen molar-refractivity contribution in [3.63, 3.8) is 0 Å². The third-order valence-electron chi connectivity index (χ3n) is 2.62. The van der Waals surface area contributed by atoms with Gasteiger partial charge < -0.3 is 11.1 Å². The summed E-state index contributed by atoms with van der Waals surface area (Å²) in [4.78, 5) is 11.0. The van der Waals surface area contributed by atoms with E-state index in [0.717, 1.165) is 18.2 Å². The highest BCUT2D eigenvalue weighted by Crippen LogP contribution is 2.27. The van der Waals surface area contributed by atoms with Gasteiger partial charge in [0.25, 0.3) is 0 Å². The van der Waals surface area contributed by atoms with Crippen LogP contribution in [0, 0.1) is 11.6 Å². The lowest BCUT2D eigenvalue weighted by atomic mass is 9.87. The molecule has 1 aromatic rings. The highest BCUT2D eigenvalue weighted by Gasteiger charge is 2.30. The van der Waals surface area contributed by atoms with Crippen LogP contribution in [0.15, 0.2) is 18.2 Å². The number of benzene rings is 1. The first-order valence-electron chi connectivity index (χ1n) is 5.38. The first-order valence-corrected chi connectivity index (χ1v) is 5.38. The molecule has 0 fully saturated rings. The number of carbonyl (C=O) groups is 1. The molecule has 0 radical (unpaired) electrons. The van der Waals surface area contributed by atoms with Gasteiger partial charge in [-0.1, -0.05) is 6.92 Å². The van der Waals surface area contributed by atoms with Crippen LogP contribution < -0.4 is 11.1 Å². The molecule has 1 unspecified atom stereocenters. The highest BCUT2D eigenvalue weighted by molar-refractivity contribution is 5.75. The van der Waals surface area contributed by atoms with Crippen molar-refractivity contribution in [2.75, 3.05) is 6.54 Å². The minimum Gasteiger partial charge on any atom is -0.370 e. The van der Waals surface area contributed by atoms with Gasteiger partial charge in [0.05, 0.1) is 5.54 Å². The van der Waals surface area contributed by atoms with Gasteiger partial charge in [0.15, 0.2) is 0 Å². The summed E-state index contributed by atoms with van der Waals surface area (Å²) in [5, 5.41) is 2.97. The third-order valence-corrected chi connectivity index (χ3v) is 2.62. The molecule has 1 rings (SSSR count). The Labute approximate surface area is 99.0 Å². The van der Waals surface area contributed by atoms with Crippen molar-refractivity contribution >= 4 is 5.91 Å². The van der Waals surface area contributed by atoms with Crippen molar-refractivity contribution in [1.29, 1.82) is 0 Å². The smallest absolute Gasteiger partial charge is 0.219 e. The number of nitrogens with two attached hydrogens (primary N) is 1. The summed E-state index contributed by atoms with van der Waals surface area (Å²) in [6.07, 6.45) is -0.0960. The molecule has 3 N–H and O–H groups in total. The lowest BCUT2D eigenvalue weighted by Crippen LogP contribution is -2.43. The fourth-order valence-electron chi connectivity index (χ4n) is 1.91. The number of amides is 1. The summed E-state index contributed by atoms with van der Waals surface area (Å²) in [5.41, 5.74) is 4.26. The van der Waals surface area contributed by atoms with Gasteiger partial charge in [-0.25, -0.2) is 8.78 Å². The van der Waals surface area contributed by atoms with Crippen molar-refractivity contribution in [3.05, 3.63) is 35.4 Å². The standard InChI is InChI=1S/C12H16F2N2O/c1-3-16-12(2,7-11(15)17)9-6-8(13)4-5-10(9)14/h4-6,16H,3,7H2,1-2H3,(H2,15,17). The lowest BCUT2D eigenvalue weighted by Gasteiger charge is -2.30. The van der Waals surface area contributed by atoms with Gasteiger partial charge in [0, 0.05) is 12.0 Å². The Morgan fingerprint density at radius 3 is 2.65 bits per heavy atom. The van der Waals surface area contributed by atoms with E-state index in [-0.39, 0.29) is 12.0 Å². The number of hydrogen-bond acceptors (Lipinski definition) is 2. The Morgan fingerprint density at radius 1 is 1.47 bits per heavy atom. The zero-order valence-electron chi connectivity index (χ0n) is 9.89. The molecule has 1 aromatic carbocycles. The van der Waals surface area contributed by atoms with Gasteiger partial charge in [-0.05, 0) is 31.7 Å². The minimum atomic E-state index is -0.993. The lowest BCUT2D eigenvalue weighted by molar-refractivity contribution is -0.119. The van der Waals surface area contributed by atoms with Gasteiger partial charge in [-0.2, -0.15) is 0 Å². The Hall–Kier alpha value is -1.49. The van der Waals surface area contributed by atoms with E-state index in [2.05, 4.69) is 5.32 Å². The van der Waals surface area contributed by atoms with E-state index in [1.807, 2.05) is 6.92 Å². The molecule has 94 valence electrons. The minimum absolute atomic E-state index is 0.0960. The molecule has 17 heavy (non-hydrogen) atoms. The molecule has 0 bridgehead atoms. The van der Waals surface area contributed by atoms with Crippen molar-refractivity contribution in [2.24, 2.45) is 5.73 Å². The average molecular weight is 242 g/mol. The van der Waals surface area contributed by atoms with Gasteiger partial charge in [0.1, 0.15) is 11.6 Å². The maximum atomic E-state index is 13.7. The van der Waals surface area contributed by atoms with E-state index in [9.17, 15) is 13.6 Å². The van der Waals surface area contributed by atoms with Crippen molar-refractivity contribution in [1.82, 2.24) is 5.32 Å². The SMILES string of the molecule is CCNC(C)(CC(N)=O)c1cc(F)ccc1F. The van der Waals surface area contributed by atoms with E-state index < -0.39 is 23.1 Å². The fourth-order valence-corrected chi connectivity index (χ4v) is 1.91. The predicted octanol–water partition coefficient (Wildman–Crippen LogP) is 1.66. The fraction of sp³-hybridized carbons (Fsp3) is 0.417. The largest absolute Gasteiger partial charge is 0.370 e. The number of rotatable bonds is 5. The maximum Gasteiger partial charge on any atom is 0.219 e. The van der Waals surface area contributed by atoms with Gasteiger partial charge >= 0.3 is 0 Å². The molecule has 5 heteroatoms. The Kier molecular flexibility index (Phi) is 4.17. The second-order valence-electron chi connectivity index (χ2n) is 4.13. The molecule has 0 aliphatic heterocycles. The second-order valence-corrected chi connectivity index (χ2v) is 4.13. The molecule has 0 heterocycles. The predicted molar refractivity (Wildman–Crippen MR) is 61.2 cm³/mol. The van der Waals surface area contributed by atoms with Crippen LogP contribution in [-0.2, 0) is 10.3 Å². The Bertz CT molecular complexity index is 423. The summed E-state index contributed by atoms with van der Waals surface area (Å²) < 4.78 is 26.8. The Balaban J connectivity index is 3.20. The Morgan fingerprint density at radius 2 is 2.12 bits per heavy atom. The zero-order valence-corrected chi connectivity index (χ0v) is 9.89. The molecule has 1 amide bonds. The van der Waals surface area contributed by atoms with Gasteiger partial charge in [-0.3, -0.25) is 4.79 Å². The highest BCUT2D eigenvalue weighted by atomic mass is 19.1. The van der Waals surface area contributed by atoms with Crippen LogP contribution in [0.2, 0.25) is 0 Å². The van der Waals surface area contributed by atoms with Crippen molar-refractivity contribution < 1.29 is 13.6 Å². The third kappa shape index (κ3) is 3.23. The van der Waals surface area contributed by atoms with Crippen LogP contribution >= 0.6 is 0 Å². The van der Waals surface area contributed by atoms with E-state index in [1.165, 1.54) is 0 Å². The molecule has 0 aromatic heterocycles. The summed E-state index contributed by atoms with van der Waals surface area (Å²) in [5.74, 6) is -1.68. The number of primary amides is 1. The molecular formula is C12H16F2N2O. The molecule has 0 saturated carbocycles. The maximum absolute atomic E-state index is 13.7. The van der Waals surface area contributed by atoms with Crippen molar-refractivity contribution in [3.8, 4) is 0 Å². The van der Waals surface area contributed by atoms with Crippen LogP contribution in [0.3, 0.4) is 0 Å². The van der Waals surface area contributed by atoms with Crippen LogP contribution in [0.5, 0.6) is 0 Å². The van der Waals surface area contributed by atoms with Crippen LogP contribution in [0.25, 0.3) is 0 Å². The zero-order chi connectivity index (χ0) is 13.1. The number of carbonyl (C=O) groups excluding carboxylic acids is 1. The molecule has 3 nitrogen and oxygen atoms in total.